The fourth-order valence-corrected chi connectivity index (χ4v) is 2.29. The lowest BCUT2D eigenvalue weighted by Crippen LogP contribution is -2.31. The van der Waals surface area contributed by atoms with Crippen LogP contribution in [-0.4, -0.2) is 5.78 Å². The van der Waals surface area contributed by atoms with E-state index in [1.165, 1.54) is 0 Å². The Morgan fingerprint density at radius 2 is 2.00 bits per heavy atom. The zero-order valence-corrected chi connectivity index (χ0v) is 9.39. The molecule has 1 rings (SSSR count). The fourth-order valence-electron chi connectivity index (χ4n) is 2.29. The number of carbonyl (C=O) groups is 1. The van der Waals surface area contributed by atoms with Gasteiger partial charge in [0, 0.05) is 12.3 Å². The summed E-state index contributed by atoms with van der Waals surface area (Å²) in [6.45, 7) is 9.01. The van der Waals surface area contributed by atoms with Gasteiger partial charge < -0.3 is 0 Å². The summed E-state index contributed by atoms with van der Waals surface area (Å²) in [6.07, 6.45) is 4.09. The summed E-state index contributed by atoms with van der Waals surface area (Å²) in [5.41, 5.74) is 0.383. The molecule has 76 valence electrons. The predicted octanol–water partition coefficient (Wildman–Crippen LogP) is 3.43. The highest BCUT2D eigenvalue weighted by molar-refractivity contribution is 5.81. The van der Waals surface area contributed by atoms with E-state index in [1.54, 1.807) is 0 Å². The summed E-state index contributed by atoms with van der Waals surface area (Å²) in [5.74, 6) is 1.61. The Balaban J connectivity index is 2.60. The van der Waals surface area contributed by atoms with Gasteiger partial charge in [0.25, 0.3) is 0 Å². The first kappa shape index (κ1) is 10.7. The molecule has 1 aliphatic carbocycles. The minimum Gasteiger partial charge on any atom is -0.299 e. The minimum atomic E-state index is 0.359. The Labute approximate surface area is 81.9 Å². The molecule has 0 amide bonds. The van der Waals surface area contributed by atoms with Crippen molar-refractivity contribution in [3.8, 4) is 0 Å². The maximum absolute atomic E-state index is 11.5. The first-order valence-electron chi connectivity index (χ1n) is 5.48. The Kier molecular flexibility index (Phi) is 3.15. The molecule has 1 saturated carbocycles. The van der Waals surface area contributed by atoms with Crippen molar-refractivity contribution in [1.29, 1.82) is 0 Å². The van der Waals surface area contributed by atoms with Gasteiger partial charge in [-0.3, -0.25) is 4.79 Å². The number of hydrogen-bond donors (Lipinski definition) is 0. The highest BCUT2D eigenvalue weighted by atomic mass is 16.1. The van der Waals surface area contributed by atoms with Crippen molar-refractivity contribution in [1.82, 2.24) is 0 Å². The van der Waals surface area contributed by atoms with E-state index in [1.807, 2.05) is 0 Å². The lowest BCUT2D eigenvalue weighted by molar-refractivity contribution is -0.126. The first-order chi connectivity index (χ1) is 5.95. The Morgan fingerprint density at radius 3 is 2.46 bits per heavy atom. The van der Waals surface area contributed by atoms with Gasteiger partial charge in [0.15, 0.2) is 0 Å². The molecule has 1 heteroatoms. The first-order valence-corrected chi connectivity index (χ1v) is 5.48. The highest BCUT2D eigenvalue weighted by Crippen LogP contribution is 2.39. The molecule has 0 aliphatic heterocycles. The molecule has 2 atom stereocenters. The molecule has 0 unspecified atom stereocenters. The number of rotatable bonds is 1. The molecular formula is C12H22O. The van der Waals surface area contributed by atoms with Crippen molar-refractivity contribution >= 4 is 5.78 Å². The van der Waals surface area contributed by atoms with E-state index in [2.05, 4.69) is 27.7 Å². The van der Waals surface area contributed by atoms with Gasteiger partial charge in [0.05, 0.1) is 0 Å². The molecule has 1 aliphatic rings. The van der Waals surface area contributed by atoms with Crippen LogP contribution >= 0.6 is 0 Å². The predicted molar refractivity (Wildman–Crippen MR) is 55.6 cm³/mol. The molecule has 0 saturated heterocycles. The molecule has 13 heavy (non-hydrogen) atoms. The molecule has 0 aromatic rings. The van der Waals surface area contributed by atoms with Crippen LogP contribution in [-0.2, 0) is 4.79 Å². The molecule has 0 spiro atoms. The van der Waals surface area contributed by atoms with Gasteiger partial charge in [-0.05, 0) is 30.6 Å². The van der Waals surface area contributed by atoms with Crippen LogP contribution in [0.1, 0.15) is 53.4 Å². The molecule has 1 fully saturated rings. The van der Waals surface area contributed by atoms with E-state index >= 15 is 0 Å². The molecule has 1 nitrogen and oxygen atoms in total. The van der Waals surface area contributed by atoms with Gasteiger partial charge in [0.1, 0.15) is 5.78 Å². The van der Waals surface area contributed by atoms with Crippen LogP contribution in [0.25, 0.3) is 0 Å². The smallest absolute Gasteiger partial charge is 0.135 e. The maximum atomic E-state index is 11.5. The van der Waals surface area contributed by atoms with Crippen LogP contribution in [0.5, 0.6) is 0 Å². The zero-order chi connectivity index (χ0) is 10.1. The van der Waals surface area contributed by atoms with Crippen LogP contribution in [0, 0.1) is 17.3 Å². The number of hydrogen-bond acceptors (Lipinski definition) is 1. The Hall–Kier alpha value is -0.330. The zero-order valence-electron chi connectivity index (χ0n) is 9.39. The van der Waals surface area contributed by atoms with E-state index in [4.69, 9.17) is 0 Å². The van der Waals surface area contributed by atoms with E-state index in [-0.39, 0.29) is 0 Å². The van der Waals surface area contributed by atoms with E-state index in [0.717, 1.165) is 31.6 Å². The van der Waals surface area contributed by atoms with Gasteiger partial charge >= 0.3 is 0 Å². The molecule has 0 heterocycles. The SMILES string of the molecule is CC[C@@H]1C[C@H](C(C)(C)C)CCC1=O. The van der Waals surface area contributed by atoms with Crippen LogP contribution in [0.3, 0.4) is 0 Å². The third kappa shape index (κ3) is 2.55. The second-order valence-corrected chi connectivity index (χ2v) is 5.41. The number of Topliss-reactive ketones (excluding diaryl/α,β-unsaturated/α-hetero) is 1. The minimum absolute atomic E-state index is 0.359. The maximum Gasteiger partial charge on any atom is 0.135 e. The largest absolute Gasteiger partial charge is 0.299 e. The standard InChI is InChI=1S/C12H22O/c1-5-9-8-10(12(2,3)4)6-7-11(9)13/h9-10H,5-8H2,1-4H3/t9-,10-/m1/s1. The van der Waals surface area contributed by atoms with Gasteiger partial charge in [-0.1, -0.05) is 27.7 Å². The van der Waals surface area contributed by atoms with Crippen molar-refractivity contribution in [2.75, 3.05) is 0 Å². The monoisotopic (exact) mass is 182 g/mol. The van der Waals surface area contributed by atoms with Gasteiger partial charge in [-0.25, -0.2) is 0 Å². The Morgan fingerprint density at radius 1 is 1.38 bits per heavy atom. The molecule has 0 radical (unpaired) electrons. The Bertz CT molecular complexity index is 188. The molecule has 0 bridgehead atoms. The summed E-state index contributed by atoms with van der Waals surface area (Å²) in [4.78, 5) is 11.5. The summed E-state index contributed by atoms with van der Waals surface area (Å²) in [6, 6.07) is 0. The van der Waals surface area contributed by atoms with Gasteiger partial charge in [-0.15, -0.1) is 0 Å². The van der Waals surface area contributed by atoms with Crippen LogP contribution < -0.4 is 0 Å². The van der Waals surface area contributed by atoms with Crippen molar-refractivity contribution < 1.29 is 4.79 Å². The normalized spacial score (nSPS) is 30.6. The van der Waals surface area contributed by atoms with Crippen molar-refractivity contribution in [3.63, 3.8) is 0 Å². The average Bonchev–Trinajstić information content (AvgIpc) is 2.03. The number of carbonyl (C=O) groups excluding carboxylic acids is 1. The highest BCUT2D eigenvalue weighted by Gasteiger charge is 2.33. The molecular weight excluding hydrogens is 160 g/mol. The lowest BCUT2D eigenvalue weighted by atomic mass is 9.68. The summed E-state index contributed by atoms with van der Waals surface area (Å²) >= 11 is 0. The van der Waals surface area contributed by atoms with Crippen LogP contribution in [0.4, 0.5) is 0 Å². The van der Waals surface area contributed by atoms with Crippen LogP contribution in [0.15, 0.2) is 0 Å². The van der Waals surface area contributed by atoms with E-state index in [9.17, 15) is 4.79 Å². The third-order valence-electron chi connectivity index (χ3n) is 3.48. The van der Waals surface area contributed by atoms with Crippen LogP contribution in [0.2, 0.25) is 0 Å². The quantitative estimate of drug-likeness (QED) is 0.607. The summed E-state index contributed by atoms with van der Waals surface area (Å²) in [5, 5.41) is 0. The number of ketones is 1. The fraction of sp³-hybridized carbons (Fsp3) is 0.917. The second kappa shape index (κ2) is 3.81. The van der Waals surface area contributed by atoms with E-state index in [0.29, 0.717) is 17.1 Å². The second-order valence-electron chi connectivity index (χ2n) is 5.41. The summed E-state index contributed by atoms with van der Waals surface area (Å²) < 4.78 is 0. The van der Waals surface area contributed by atoms with E-state index < -0.39 is 0 Å². The molecule has 0 aromatic heterocycles. The van der Waals surface area contributed by atoms with Crippen molar-refractivity contribution in [3.05, 3.63) is 0 Å². The summed E-state index contributed by atoms with van der Waals surface area (Å²) in [7, 11) is 0. The van der Waals surface area contributed by atoms with Gasteiger partial charge in [0.2, 0.25) is 0 Å². The molecule has 0 aromatic carbocycles. The van der Waals surface area contributed by atoms with Crippen molar-refractivity contribution in [2.45, 2.75) is 53.4 Å². The molecule has 0 N–H and O–H groups in total. The average molecular weight is 182 g/mol. The van der Waals surface area contributed by atoms with Gasteiger partial charge in [-0.2, -0.15) is 0 Å². The third-order valence-corrected chi connectivity index (χ3v) is 3.48. The van der Waals surface area contributed by atoms with Crippen molar-refractivity contribution in [2.24, 2.45) is 17.3 Å². The lowest BCUT2D eigenvalue weighted by Gasteiger charge is -2.36. The topological polar surface area (TPSA) is 17.1 Å².